The quantitative estimate of drug-likeness (QED) is 0.832. The van der Waals surface area contributed by atoms with E-state index in [9.17, 15) is 12.8 Å². The molecule has 0 aliphatic carbocycles. The SMILES string of the molecule is Cc1cc(F)ccc1S(=O)(=O)NC[C@H](c1cccs1)N1CCOCC1. The first kappa shape index (κ1) is 18.5. The van der Waals surface area contributed by atoms with Gasteiger partial charge in [-0.2, -0.15) is 0 Å². The summed E-state index contributed by atoms with van der Waals surface area (Å²) in [6, 6.07) is 7.64. The van der Waals surface area contributed by atoms with Gasteiger partial charge in [0.1, 0.15) is 5.82 Å². The Morgan fingerprint density at radius 1 is 1.32 bits per heavy atom. The molecule has 25 heavy (non-hydrogen) atoms. The second kappa shape index (κ2) is 7.92. The Morgan fingerprint density at radius 2 is 2.08 bits per heavy atom. The molecule has 3 rings (SSSR count). The van der Waals surface area contributed by atoms with E-state index in [2.05, 4.69) is 9.62 Å². The van der Waals surface area contributed by atoms with E-state index in [1.807, 2.05) is 17.5 Å². The third kappa shape index (κ3) is 4.45. The normalized spacial score (nSPS) is 17.5. The van der Waals surface area contributed by atoms with Crippen LogP contribution in [0.15, 0.2) is 40.6 Å². The molecule has 1 saturated heterocycles. The van der Waals surface area contributed by atoms with Gasteiger partial charge in [0.05, 0.1) is 24.2 Å². The van der Waals surface area contributed by atoms with Crippen molar-refractivity contribution >= 4 is 21.4 Å². The van der Waals surface area contributed by atoms with E-state index >= 15 is 0 Å². The predicted octanol–water partition coefficient (Wildman–Crippen LogP) is 2.55. The summed E-state index contributed by atoms with van der Waals surface area (Å²) in [5.74, 6) is -0.443. The molecule has 136 valence electrons. The Hall–Kier alpha value is -1.32. The van der Waals surface area contributed by atoms with Crippen molar-refractivity contribution in [3.8, 4) is 0 Å². The lowest BCUT2D eigenvalue weighted by Gasteiger charge is -2.34. The number of ether oxygens (including phenoxy) is 1. The number of hydrogen-bond acceptors (Lipinski definition) is 5. The second-order valence-electron chi connectivity index (χ2n) is 5.94. The lowest BCUT2D eigenvalue weighted by molar-refractivity contribution is 0.0179. The first-order valence-electron chi connectivity index (χ1n) is 8.08. The van der Waals surface area contributed by atoms with Crippen LogP contribution in [0.3, 0.4) is 0 Å². The Balaban J connectivity index is 1.78. The van der Waals surface area contributed by atoms with Crippen molar-refractivity contribution < 1.29 is 17.5 Å². The molecule has 0 unspecified atom stereocenters. The third-order valence-electron chi connectivity index (χ3n) is 4.25. The summed E-state index contributed by atoms with van der Waals surface area (Å²) < 4.78 is 46.6. The number of benzene rings is 1. The molecule has 0 bridgehead atoms. The van der Waals surface area contributed by atoms with Crippen molar-refractivity contribution in [1.29, 1.82) is 0 Å². The Kier molecular flexibility index (Phi) is 5.85. The van der Waals surface area contributed by atoms with Crippen molar-refractivity contribution in [2.75, 3.05) is 32.8 Å². The summed E-state index contributed by atoms with van der Waals surface area (Å²) in [6.07, 6.45) is 0. The van der Waals surface area contributed by atoms with Gasteiger partial charge in [0.25, 0.3) is 0 Å². The number of rotatable bonds is 6. The Morgan fingerprint density at radius 3 is 2.72 bits per heavy atom. The maximum atomic E-state index is 13.2. The molecule has 1 atom stereocenters. The number of morpholine rings is 1. The molecule has 1 aromatic carbocycles. The summed E-state index contributed by atoms with van der Waals surface area (Å²) in [5.41, 5.74) is 0.395. The van der Waals surface area contributed by atoms with Gasteiger partial charge in [-0.15, -0.1) is 11.3 Å². The molecule has 1 N–H and O–H groups in total. The van der Waals surface area contributed by atoms with E-state index in [4.69, 9.17) is 4.74 Å². The summed E-state index contributed by atoms with van der Waals surface area (Å²) in [7, 11) is -3.70. The van der Waals surface area contributed by atoms with Crippen LogP contribution in [-0.2, 0) is 14.8 Å². The first-order valence-corrected chi connectivity index (χ1v) is 10.4. The van der Waals surface area contributed by atoms with Gasteiger partial charge in [-0.25, -0.2) is 17.5 Å². The molecular formula is C17H21FN2O3S2. The monoisotopic (exact) mass is 384 g/mol. The van der Waals surface area contributed by atoms with Gasteiger partial charge in [0.2, 0.25) is 10.0 Å². The van der Waals surface area contributed by atoms with Crippen LogP contribution in [0.5, 0.6) is 0 Å². The van der Waals surface area contributed by atoms with Gasteiger partial charge < -0.3 is 4.74 Å². The van der Waals surface area contributed by atoms with Crippen molar-refractivity contribution in [3.63, 3.8) is 0 Å². The highest BCUT2D eigenvalue weighted by atomic mass is 32.2. The lowest BCUT2D eigenvalue weighted by atomic mass is 10.2. The number of sulfonamides is 1. The predicted molar refractivity (Wildman–Crippen MR) is 95.8 cm³/mol. The molecule has 0 amide bonds. The topological polar surface area (TPSA) is 58.6 Å². The van der Waals surface area contributed by atoms with Crippen LogP contribution >= 0.6 is 11.3 Å². The van der Waals surface area contributed by atoms with Gasteiger partial charge in [0, 0.05) is 24.5 Å². The number of halogens is 1. The summed E-state index contributed by atoms with van der Waals surface area (Å²) in [5, 5.41) is 1.99. The molecule has 0 spiro atoms. The number of nitrogens with zero attached hydrogens (tertiary/aromatic N) is 1. The molecule has 1 fully saturated rings. The fraction of sp³-hybridized carbons (Fsp3) is 0.412. The lowest BCUT2D eigenvalue weighted by Crippen LogP contribution is -2.43. The molecule has 5 nitrogen and oxygen atoms in total. The van der Waals surface area contributed by atoms with Crippen LogP contribution in [0.4, 0.5) is 4.39 Å². The zero-order valence-corrected chi connectivity index (χ0v) is 15.6. The highest BCUT2D eigenvalue weighted by Crippen LogP contribution is 2.26. The standard InChI is InChI=1S/C17H21FN2O3S2/c1-13-11-14(18)4-5-17(13)25(21,22)19-12-15(16-3-2-10-24-16)20-6-8-23-9-7-20/h2-5,10-11,15,19H,6-9,12H2,1H3/t15-/m1/s1. The van der Waals surface area contributed by atoms with Gasteiger partial charge in [-0.3, -0.25) is 4.90 Å². The molecule has 0 saturated carbocycles. The molecule has 2 heterocycles. The smallest absolute Gasteiger partial charge is 0.240 e. The van der Waals surface area contributed by atoms with Crippen LogP contribution in [0.2, 0.25) is 0 Å². The fourth-order valence-corrected chi connectivity index (χ4v) is 5.08. The maximum absolute atomic E-state index is 13.2. The van der Waals surface area contributed by atoms with E-state index in [-0.39, 0.29) is 17.5 Å². The summed E-state index contributed by atoms with van der Waals surface area (Å²) in [4.78, 5) is 3.45. The highest BCUT2D eigenvalue weighted by molar-refractivity contribution is 7.89. The van der Waals surface area contributed by atoms with Crippen LogP contribution in [0.25, 0.3) is 0 Å². The van der Waals surface area contributed by atoms with E-state index in [1.54, 1.807) is 18.3 Å². The molecular weight excluding hydrogens is 363 g/mol. The van der Waals surface area contributed by atoms with Crippen molar-refractivity contribution in [2.45, 2.75) is 17.9 Å². The van der Waals surface area contributed by atoms with Crippen LogP contribution in [0, 0.1) is 12.7 Å². The van der Waals surface area contributed by atoms with Crippen LogP contribution in [-0.4, -0.2) is 46.2 Å². The van der Waals surface area contributed by atoms with Gasteiger partial charge in [-0.1, -0.05) is 6.07 Å². The van der Waals surface area contributed by atoms with Crippen molar-refractivity contribution in [3.05, 3.63) is 52.0 Å². The minimum atomic E-state index is -3.70. The summed E-state index contributed by atoms with van der Waals surface area (Å²) in [6.45, 7) is 4.67. The highest BCUT2D eigenvalue weighted by Gasteiger charge is 2.26. The van der Waals surface area contributed by atoms with E-state index in [0.29, 0.717) is 18.8 Å². The first-order chi connectivity index (χ1) is 12.0. The minimum absolute atomic E-state index is 0.0422. The summed E-state index contributed by atoms with van der Waals surface area (Å²) >= 11 is 1.61. The zero-order chi connectivity index (χ0) is 17.9. The van der Waals surface area contributed by atoms with E-state index in [0.717, 1.165) is 18.0 Å². The van der Waals surface area contributed by atoms with E-state index in [1.165, 1.54) is 18.2 Å². The second-order valence-corrected chi connectivity index (χ2v) is 8.66. The fourth-order valence-electron chi connectivity index (χ4n) is 2.96. The number of hydrogen-bond donors (Lipinski definition) is 1. The van der Waals surface area contributed by atoms with E-state index < -0.39 is 15.8 Å². The number of thiophene rings is 1. The maximum Gasteiger partial charge on any atom is 0.240 e. The molecule has 2 aromatic rings. The molecule has 1 aliphatic heterocycles. The van der Waals surface area contributed by atoms with Crippen LogP contribution < -0.4 is 4.72 Å². The Labute approximate surface area is 151 Å². The van der Waals surface area contributed by atoms with Gasteiger partial charge in [-0.05, 0) is 42.1 Å². The average molecular weight is 384 g/mol. The molecule has 1 aromatic heterocycles. The zero-order valence-electron chi connectivity index (χ0n) is 13.9. The van der Waals surface area contributed by atoms with Crippen molar-refractivity contribution in [1.82, 2.24) is 9.62 Å². The minimum Gasteiger partial charge on any atom is -0.379 e. The number of aryl methyl sites for hydroxylation is 1. The van der Waals surface area contributed by atoms with Gasteiger partial charge >= 0.3 is 0 Å². The molecule has 1 aliphatic rings. The largest absolute Gasteiger partial charge is 0.379 e. The third-order valence-corrected chi connectivity index (χ3v) is 6.81. The molecule has 0 radical (unpaired) electrons. The molecule has 8 heteroatoms. The van der Waals surface area contributed by atoms with Crippen molar-refractivity contribution in [2.24, 2.45) is 0 Å². The average Bonchev–Trinajstić information content (AvgIpc) is 3.10. The van der Waals surface area contributed by atoms with Crippen LogP contribution in [0.1, 0.15) is 16.5 Å². The Bertz CT molecular complexity index is 803. The van der Waals surface area contributed by atoms with Gasteiger partial charge in [0.15, 0.2) is 0 Å². The number of nitrogens with one attached hydrogen (secondary N) is 1.